The number of nitrogens with zero attached hydrogens (tertiary/aromatic N) is 3. The molecule has 0 fully saturated rings. The molecule has 0 unspecified atom stereocenters. The molecular formula is C16H13N4O3. The molecule has 0 aliphatic rings. The van der Waals surface area contributed by atoms with Crippen molar-refractivity contribution in [2.75, 3.05) is 11.9 Å². The first-order valence-corrected chi connectivity index (χ1v) is 6.68. The molecule has 1 N–H and O–H groups in total. The van der Waals surface area contributed by atoms with Crippen LogP contribution in [0.3, 0.4) is 0 Å². The van der Waals surface area contributed by atoms with Crippen LogP contribution in [-0.2, 0) is 9.59 Å². The second-order valence-corrected chi connectivity index (χ2v) is 4.32. The first-order valence-electron chi connectivity index (χ1n) is 6.68. The molecule has 0 aliphatic heterocycles. The summed E-state index contributed by atoms with van der Waals surface area (Å²) in [6.45, 7) is -0.489. The lowest BCUT2D eigenvalue weighted by molar-refractivity contribution is -0.122. The summed E-state index contributed by atoms with van der Waals surface area (Å²) >= 11 is 0. The molecule has 23 heavy (non-hydrogen) atoms. The van der Waals surface area contributed by atoms with E-state index in [4.69, 9.17) is 0 Å². The summed E-state index contributed by atoms with van der Waals surface area (Å²) in [6, 6.07) is 9.87. The minimum absolute atomic E-state index is 0.0354. The Morgan fingerprint density at radius 1 is 1.13 bits per heavy atom. The fourth-order valence-corrected chi connectivity index (χ4v) is 1.66. The molecule has 3 amide bonds. The van der Waals surface area contributed by atoms with Crippen LogP contribution in [0.15, 0.2) is 54.9 Å². The number of amides is 3. The van der Waals surface area contributed by atoms with Crippen molar-refractivity contribution in [3.8, 4) is 0 Å². The lowest BCUT2D eigenvalue weighted by Gasteiger charge is -2.16. The highest BCUT2D eigenvalue weighted by Gasteiger charge is 2.20. The van der Waals surface area contributed by atoms with Gasteiger partial charge in [0, 0.05) is 18.5 Å². The van der Waals surface area contributed by atoms with Gasteiger partial charge in [-0.2, -0.15) is 0 Å². The molecule has 1 aromatic carbocycles. The second kappa shape index (κ2) is 8.18. The average molecular weight is 309 g/mol. The Labute approximate surface area is 132 Å². The number of nitrogens with one attached hydrogen (secondary N) is 1. The van der Waals surface area contributed by atoms with E-state index in [1.807, 2.05) is 18.2 Å². The zero-order chi connectivity index (χ0) is 16.5. The maximum absolute atomic E-state index is 12.1. The molecule has 0 saturated carbocycles. The van der Waals surface area contributed by atoms with Crippen LogP contribution < -0.4 is 5.32 Å². The van der Waals surface area contributed by atoms with Gasteiger partial charge in [-0.1, -0.05) is 30.3 Å². The minimum Gasteiger partial charge on any atom is -0.289 e. The second-order valence-electron chi connectivity index (χ2n) is 4.32. The van der Waals surface area contributed by atoms with Gasteiger partial charge in [0.05, 0.1) is 6.54 Å². The Balaban J connectivity index is 2.07. The van der Waals surface area contributed by atoms with Crippen molar-refractivity contribution in [3.63, 3.8) is 0 Å². The van der Waals surface area contributed by atoms with Crippen LogP contribution in [0.5, 0.6) is 0 Å². The van der Waals surface area contributed by atoms with Crippen molar-refractivity contribution >= 4 is 30.2 Å². The van der Waals surface area contributed by atoms with Gasteiger partial charge in [0.2, 0.25) is 12.2 Å². The maximum atomic E-state index is 12.1. The monoisotopic (exact) mass is 309 g/mol. The smallest absolute Gasteiger partial charge is 0.289 e. The van der Waals surface area contributed by atoms with Crippen LogP contribution in [0.1, 0.15) is 5.56 Å². The molecule has 115 valence electrons. The zero-order valence-electron chi connectivity index (χ0n) is 12.0. The Bertz CT molecular complexity index is 702. The standard InChI is InChI=1S/C16H13N4O3/c21-12-11-20(16(23)19-15-17-9-4-10-18-15)14(22)8-7-13-5-2-1-3-6-13/h1-10H,11H2,(H,17,18,19,23)/b8-7+. The van der Waals surface area contributed by atoms with Gasteiger partial charge in [0.15, 0.2) is 0 Å². The highest BCUT2D eigenvalue weighted by molar-refractivity contribution is 6.07. The maximum Gasteiger partial charge on any atom is 0.331 e. The van der Waals surface area contributed by atoms with E-state index in [2.05, 4.69) is 15.3 Å². The third-order valence-electron chi connectivity index (χ3n) is 2.74. The summed E-state index contributed by atoms with van der Waals surface area (Å²) in [7, 11) is 0. The number of hydrogen-bond donors (Lipinski definition) is 1. The Kier molecular flexibility index (Phi) is 5.70. The van der Waals surface area contributed by atoms with Crippen molar-refractivity contribution in [2.24, 2.45) is 0 Å². The first-order chi connectivity index (χ1) is 11.2. The van der Waals surface area contributed by atoms with E-state index < -0.39 is 18.5 Å². The van der Waals surface area contributed by atoms with E-state index in [-0.39, 0.29) is 5.95 Å². The van der Waals surface area contributed by atoms with Crippen molar-refractivity contribution in [3.05, 3.63) is 60.4 Å². The molecule has 0 bridgehead atoms. The molecule has 1 aromatic heterocycles. The predicted octanol–water partition coefficient (Wildman–Crippen LogP) is 1.66. The molecule has 7 heteroatoms. The topological polar surface area (TPSA) is 92.3 Å². The zero-order valence-corrected chi connectivity index (χ0v) is 12.0. The number of benzene rings is 1. The Hall–Kier alpha value is -3.35. The van der Waals surface area contributed by atoms with E-state index in [9.17, 15) is 14.4 Å². The average Bonchev–Trinajstić information content (AvgIpc) is 2.59. The SMILES string of the molecule is O=[C]CN(C(=O)/C=C/c1ccccc1)C(=O)Nc1ncccn1. The molecule has 1 radical (unpaired) electrons. The van der Waals surface area contributed by atoms with Gasteiger partial charge in [0.25, 0.3) is 5.91 Å². The number of carbonyl (C=O) groups is 2. The van der Waals surface area contributed by atoms with Crippen LogP contribution in [0.25, 0.3) is 6.08 Å². The summed E-state index contributed by atoms with van der Waals surface area (Å²) in [5.41, 5.74) is 0.794. The molecule has 0 spiro atoms. The number of anilines is 1. The number of imide groups is 1. The summed E-state index contributed by atoms with van der Waals surface area (Å²) in [6.07, 6.45) is 7.17. The summed E-state index contributed by atoms with van der Waals surface area (Å²) in [5, 5.41) is 2.34. The van der Waals surface area contributed by atoms with Gasteiger partial charge in [-0.25, -0.2) is 14.8 Å². The number of carbonyl (C=O) groups excluding carboxylic acids is 3. The van der Waals surface area contributed by atoms with E-state index >= 15 is 0 Å². The summed E-state index contributed by atoms with van der Waals surface area (Å²) in [4.78, 5) is 43.1. The minimum atomic E-state index is -0.803. The molecule has 0 saturated heterocycles. The molecule has 2 aromatic rings. The molecule has 1 heterocycles. The van der Waals surface area contributed by atoms with Crippen LogP contribution in [0, 0.1) is 0 Å². The van der Waals surface area contributed by atoms with E-state index in [1.54, 1.807) is 24.3 Å². The van der Waals surface area contributed by atoms with E-state index in [1.165, 1.54) is 24.8 Å². The molecule has 7 nitrogen and oxygen atoms in total. The highest BCUT2D eigenvalue weighted by Crippen LogP contribution is 2.04. The fourth-order valence-electron chi connectivity index (χ4n) is 1.66. The van der Waals surface area contributed by atoms with Crippen molar-refractivity contribution in [1.29, 1.82) is 0 Å². The van der Waals surface area contributed by atoms with Gasteiger partial charge < -0.3 is 0 Å². The lowest BCUT2D eigenvalue weighted by Crippen LogP contribution is -2.40. The Morgan fingerprint density at radius 2 is 1.83 bits per heavy atom. The normalized spacial score (nSPS) is 10.3. The van der Waals surface area contributed by atoms with Gasteiger partial charge >= 0.3 is 6.03 Å². The molecular weight excluding hydrogens is 296 g/mol. The van der Waals surface area contributed by atoms with Gasteiger partial charge in [-0.3, -0.25) is 19.8 Å². The van der Waals surface area contributed by atoms with Gasteiger partial charge in [0.1, 0.15) is 0 Å². The molecule has 2 rings (SSSR count). The third-order valence-corrected chi connectivity index (χ3v) is 2.74. The summed E-state index contributed by atoms with van der Waals surface area (Å²) in [5.74, 6) is -0.612. The van der Waals surface area contributed by atoms with Crippen molar-refractivity contribution in [1.82, 2.24) is 14.9 Å². The Morgan fingerprint density at radius 3 is 2.48 bits per heavy atom. The van der Waals surface area contributed by atoms with Crippen molar-refractivity contribution < 1.29 is 14.4 Å². The summed E-state index contributed by atoms with van der Waals surface area (Å²) < 4.78 is 0. The fraction of sp³-hybridized carbons (Fsp3) is 0.0625. The predicted molar refractivity (Wildman–Crippen MR) is 83.9 cm³/mol. The van der Waals surface area contributed by atoms with Crippen LogP contribution >= 0.6 is 0 Å². The third kappa shape index (κ3) is 4.85. The first kappa shape index (κ1) is 16.0. The number of hydrogen-bond acceptors (Lipinski definition) is 5. The van der Waals surface area contributed by atoms with Gasteiger partial charge in [-0.05, 0) is 17.7 Å². The van der Waals surface area contributed by atoms with Crippen LogP contribution in [-0.4, -0.2) is 39.6 Å². The molecule has 0 aliphatic carbocycles. The van der Waals surface area contributed by atoms with Crippen LogP contribution in [0.4, 0.5) is 10.7 Å². The van der Waals surface area contributed by atoms with Crippen LogP contribution in [0.2, 0.25) is 0 Å². The van der Waals surface area contributed by atoms with E-state index in [0.717, 1.165) is 5.56 Å². The van der Waals surface area contributed by atoms with Crippen molar-refractivity contribution in [2.45, 2.75) is 0 Å². The highest BCUT2D eigenvalue weighted by atomic mass is 16.2. The number of rotatable bonds is 5. The lowest BCUT2D eigenvalue weighted by atomic mass is 10.2. The van der Waals surface area contributed by atoms with Gasteiger partial charge in [-0.15, -0.1) is 0 Å². The quantitative estimate of drug-likeness (QED) is 0.848. The number of urea groups is 1. The number of aromatic nitrogens is 2. The molecule has 0 atom stereocenters. The largest absolute Gasteiger partial charge is 0.331 e. The van der Waals surface area contributed by atoms with E-state index in [0.29, 0.717) is 4.90 Å².